The van der Waals surface area contributed by atoms with Crippen molar-refractivity contribution in [3.63, 3.8) is 0 Å². The number of hydrazone groups is 1. The highest BCUT2D eigenvalue weighted by atomic mass is 79.9. The maximum atomic E-state index is 12.2. The van der Waals surface area contributed by atoms with Crippen molar-refractivity contribution in [2.45, 2.75) is 0 Å². The van der Waals surface area contributed by atoms with E-state index < -0.39 is 0 Å². The summed E-state index contributed by atoms with van der Waals surface area (Å²) in [7, 11) is 1.46. The van der Waals surface area contributed by atoms with E-state index in [1.165, 1.54) is 13.3 Å². The number of nitrogens with zero attached hydrogens (tertiary/aromatic N) is 1. The number of amides is 1. The Balaban J connectivity index is 1.67. The molecule has 1 amide bonds. The van der Waals surface area contributed by atoms with Crippen LogP contribution in [0.15, 0.2) is 76.3 Å². The molecule has 2 N–H and O–H groups in total. The second-order valence-electron chi connectivity index (χ2n) is 5.70. The fraction of sp³-hybridized carbons (Fsp3) is 0.0476. The van der Waals surface area contributed by atoms with Gasteiger partial charge < -0.3 is 9.84 Å². The van der Waals surface area contributed by atoms with E-state index in [9.17, 15) is 9.90 Å². The predicted molar refractivity (Wildman–Crippen MR) is 109 cm³/mol. The Morgan fingerprint density at radius 2 is 1.74 bits per heavy atom. The van der Waals surface area contributed by atoms with Gasteiger partial charge in [-0.05, 0) is 56.9 Å². The molecule has 0 aromatic heterocycles. The summed E-state index contributed by atoms with van der Waals surface area (Å²) >= 11 is 3.24. The van der Waals surface area contributed by atoms with Gasteiger partial charge in [0.2, 0.25) is 0 Å². The van der Waals surface area contributed by atoms with Crippen molar-refractivity contribution in [3.05, 3.63) is 82.3 Å². The van der Waals surface area contributed by atoms with Gasteiger partial charge in [-0.1, -0.05) is 42.5 Å². The van der Waals surface area contributed by atoms with Crippen LogP contribution in [-0.2, 0) is 0 Å². The zero-order chi connectivity index (χ0) is 19.2. The molecule has 0 aliphatic heterocycles. The normalized spacial score (nSPS) is 10.7. The smallest absolute Gasteiger partial charge is 0.271 e. The SMILES string of the molecule is COc1cc(/C=N/NC(=O)c2ccc(-c3ccccc3)cc2)cc(Br)c1O. The third-order valence-electron chi connectivity index (χ3n) is 3.90. The summed E-state index contributed by atoms with van der Waals surface area (Å²) in [5, 5.41) is 13.8. The highest BCUT2D eigenvalue weighted by molar-refractivity contribution is 9.10. The number of hydrogen-bond acceptors (Lipinski definition) is 4. The summed E-state index contributed by atoms with van der Waals surface area (Å²) < 4.78 is 5.56. The average Bonchev–Trinajstić information content (AvgIpc) is 2.71. The van der Waals surface area contributed by atoms with Crippen molar-refractivity contribution in [2.75, 3.05) is 7.11 Å². The van der Waals surface area contributed by atoms with E-state index in [0.29, 0.717) is 21.3 Å². The molecule has 136 valence electrons. The maximum Gasteiger partial charge on any atom is 0.271 e. The molecule has 0 aliphatic carbocycles. The quantitative estimate of drug-likeness (QED) is 0.464. The number of ether oxygens (including phenoxy) is 1. The molecule has 0 aliphatic rings. The lowest BCUT2D eigenvalue weighted by Crippen LogP contribution is -2.17. The molecule has 0 saturated carbocycles. The first-order valence-corrected chi connectivity index (χ1v) is 8.93. The second-order valence-corrected chi connectivity index (χ2v) is 6.55. The van der Waals surface area contributed by atoms with Crippen LogP contribution >= 0.6 is 15.9 Å². The molecular weight excluding hydrogens is 408 g/mol. The van der Waals surface area contributed by atoms with Gasteiger partial charge in [-0.2, -0.15) is 5.10 Å². The number of hydrogen-bond donors (Lipinski definition) is 2. The minimum absolute atomic E-state index is 0.0113. The van der Waals surface area contributed by atoms with Gasteiger partial charge in [0.1, 0.15) is 0 Å². The number of carbonyl (C=O) groups excluding carboxylic acids is 1. The molecule has 3 aromatic rings. The molecule has 0 fully saturated rings. The molecule has 27 heavy (non-hydrogen) atoms. The Morgan fingerprint density at radius 1 is 1.07 bits per heavy atom. The number of nitrogens with one attached hydrogen (secondary N) is 1. The van der Waals surface area contributed by atoms with E-state index in [1.54, 1.807) is 24.3 Å². The lowest BCUT2D eigenvalue weighted by atomic mass is 10.0. The molecule has 3 aromatic carbocycles. The first-order chi connectivity index (χ1) is 13.1. The summed E-state index contributed by atoms with van der Waals surface area (Å²) in [5.41, 5.74) is 5.79. The number of carbonyl (C=O) groups is 1. The predicted octanol–water partition coefficient (Wildman–Crippen LogP) is 4.59. The van der Waals surface area contributed by atoms with Gasteiger partial charge in [-0.3, -0.25) is 4.79 Å². The summed E-state index contributed by atoms with van der Waals surface area (Å²) in [6.07, 6.45) is 1.48. The molecule has 3 rings (SSSR count). The average molecular weight is 425 g/mol. The van der Waals surface area contributed by atoms with E-state index in [0.717, 1.165) is 11.1 Å². The van der Waals surface area contributed by atoms with Crippen molar-refractivity contribution in [2.24, 2.45) is 5.10 Å². The number of methoxy groups -OCH3 is 1. The topological polar surface area (TPSA) is 70.9 Å². The van der Waals surface area contributed by atoms with Crippen LogP contribution < -0.4 is 10.2 Å². The molecule has 0 saturated heterocycles. The Labute approximate surface area is 165 Å². The van der Waals surface area contributed by atoms with Crippen LogP contribution in [0.2, 0.25) is 0 Å². The molecule has 0 radical (unpaired) electrons. The molecular formula is C21H17BrN2O3. The summed E-state index contributed by atoms with van der Waals surface area (Å²) in [6.45, 7) is 0. The van der Waals surface area contributed by atoms with Gasteiger partial charge in [0.25, 0.3) is 5.91 Å². The zero-order valence-corrected chi connectivity index (χ0v) is 16.1. The lowest BCUT2D eigenvalue weighted by Gasteiger charge is -2.06. The molecule has 0 atom stereocenters. The third kappa shape index (κ3) is 4.54. The highest BCUT2D eigenvalue weighted by Gasteiger charge is 2.08. The van der Waals surface area contributed by atoms with E-state index in [2.05, 4.69) is 26.5 Å². The lowest BCUT2D eigenvalue weighted by molar-refractivity contribution is 0.0955. The number of aromatic hydroxyl groups is 1. The largest absolute Gasteiger partial charge is 0.503 e. The summed E-state index contributed by atoms with van der Waals surface area (Å²) in [4.78, 5) is 12.2. The Bertz CT molecular complexity index is 971. The van der Waals surface area contributed by atoms with Gasteiger partial charge in [0.05, 0.1) is 17.8 Å². The van der Waals surface area contributed by atoms with Gasteiger partial charge in [0.15, 0.2) is 11.5 Å². The van der Waals surface area contributed by atoms with Gasteiger partial charge in [-0.15, -0.1) is 0 Å². The van der Waals surface area contributed by atoms with E-state index in [1.807, 2.05) is 42.5 Å². The summed E-state index contributed by atoms with van der Waals surface area (Å²) in [5.74, 6) is 0.0153. The van der Waals surface area contributed by atoms with E-state index >= 15 is 0 Å². The van der Waals surface area contributed by atoms with Crippen LogP contribution in [0.3, 0.4) is 0 Å². The fourth-order valence-electron chi connectivity index (χ4n) is 2.50. The maximum absolute atomic E-state index is 12.2. The minimum Gasteiger partial charge on any atom is -0.503 e. The van der Waals surface area contributed by atoms with Crippen molar-refractivity contribution in [1.82, 2.24) is 5.43 Å². The van der Waals surface area contributed by atoms with Gasteiger partial charge >= 0.3 is 0 Å². The Morgan fingerprint density at radius 3 is 2.41 bits per heavy atom. The molecule has 0 bridgehead atoms. The first-order valence-electron chi connectivity index (χ1n) is 8.14. The number of halogens is 1. The third-order valence-corrected chi connectivity index (χ3v) is 4.51. The monoisotopic (exact) mass is 424 g/mol. The first kappa shape index (κ1) is 18.7. The molecule has 0 heterocycles. The molecule has 6 heteroatoms. The molecule has 0 spiro atoms. The van der Waals surface area contributed by atoms with Crippen LogP contribution in [0.5, 0.6) is 11.5 Å². The molecule has 5 nitrogen and oxygen atoms in total. The van der Waals surface area contributed by atoms with Crippen molar-refractivity contribution >= 4 is 28.1 Å². The number of phenols is 1. The number of phenolic OH excluding ortho intramolecular Hbond substituents is 1. The van der Waals surface area contributed by atoms with Crippen LogP contribution in [0, 0.1) is 0 Å². The fourth-order valence-corrected chi connectivity index (χ4v) is 2.96. The Kier molecular flexibility index (Phi) is 5.88. The van der Waals surface area contributed by atoms with Gasteiger partial charge in [0, 0.05) is 5.56 Å². The van der Waals surface area contributed by atoms with Crippen LogP contribution in [0.1, 0.15) is 15.9 Å². The number of benzene rings is 3. The number of rotatable bonds is 5. The standard InChI is InChI=1S/C21H17BrN2O3/c1-27-19-12-14(11-18(22)20(19)25)13-23-24-21(26)17-9-7-16(8-10-17)15-5-3-2-4-6-15/h2-13,25H,1H3,(H,24,26)/b23-13+. The summed E-state index contributed by atoms with van der Waals surface area (Å²) in [6, 6.07) is 20.5. The van der Waals surface area contributed by atoms with Crippen molar-refractivity contribution in [1.29, 1.82) is 0 Å². The zero-order valence-electron chi connectivity index (χ0n) is 14.5. The van der Waals surface area contributed by atoms with Crippen LogP contribution in [0.25, 0.3) is 11.1 Å². The molecule has 0 unspecified atom stereocenters. The highest BCUT2D eigenvalue weighted by Crippen LogP contribution is 2.34. The Hall–Kier alpha value is -3.12. The van der Waals surface area contributed by atoms with Crippen molar-refractivity contribution < 1.29 is 14.6 Å². The van der Waals surface area contributed by atoms with Crippen LogP contribution in [-0.4, -0.2) is 24.3 Å². The van der Waals surface area contributed by atoms with E-state index in [-0.39, 0.29) is 11.7 Å². The minimum atomic E-state index is -0.310. The van der Waals surface area contributed by atoms with Crippen molar-refractivity contribution in [3.8, 4) is 22.6 Å². The van der Waals surface area contributed by atoms with Gasteiger partial charge in [-0.25, -0.2) is 5.43 Å². The van der Waals surface area contributed by atoms with E-state index in [4.69, 9.17) is 4.74 Å². The van der Waals surface area contributed by atoms with Crippen LogP contribution in [0.4, 0.5) is 0 Å². The second kappa shape index (κ2) is 8.51.